The van der Waals surface area contributed by atoms with Gasteiger partial charge in [-0.15, -0.1) is 0 Å². The van der Waals surface area contributed by atoms with Gasteiger partial charge in [0.15, 0.2) is 0 Å². The maximum absolute atomic E-state index is 13.5. The molecule has 1 saturated heterocycles. The normalized spacial score (nSPS) is 15.9. The number of hydrogen-bond donors (Lipinski definition) is 1. The van der Waals surface area contributed by atoms with Gasteiger partial charge in [0.25, 0.3) is 0 Å². The second-order valence-electron chi connectivity index (χ2n) is 6.94. The summed E-state index contributed by atoms with van der Waals surface area (Å²) in [5.74, 6) is 0.245. The third-order valence-electron chi connectivity index (χ3n) is 5.24. The summed E-state index contributed by atoms with van der Waals surface area (Å²) < 4.78 is 18.9. The van der Waals surface area contributed by atoms with E-state index in [0.717, 1.165) is 37.3 Å². The zero-order valence-corrected chi connectivity index (χ0v) is 15.9. The van der Waals surface area contributed by atoms with Crippen molar-refractivity contribution >= 4 is 0 Å². The number of halogens is 1. The molecule has 4 nitrogen and oxygen atoms in total. The molecule has 0 amide bonds. The molecule has 1 unspecified atom stereocenters. The van der Waals surface area contributed by atoms with Gasteiger partial charge in [-0.3, -0.25) is 9.88 Å². The largest absolute Gasteiger partial charge is 0.496 e. The lowest BCUT2D eigenvalue weighted by atomic mass is 9.95. The molecule has 0 bridgehead atoms. The van der Waals surface area contributed by atoms with E-state index in [1.165, 1.54) is 23.3 Å². The highest BCUT2D eigenvalue weighted by atomic mass is 19.1. The van der Waals surface area contributed by atoms with Crippen LogP contribution in [0.5, 0.6) is 5.75 Å². The maximum Gasteiger partial charge on any atom is 0.129 e. The Hall–Kier alpha value is -2.76. The molecule has 2 heterocycles. The quantitative estimate of drug-likeness (QED) is 0.732. The van der Waals surface area contributed by atoms with Crippen LogP contribution in [-0.2, 0) is 0 Å². The third kappa shape index (κ3) is 3.91. The fraction of sp³-hybridized carbons (Fsp3) is 0.261. The minimum absolute atomic E-state index is 0.189. The number of nitrogens with one attached hydrogen (secondary N) is 1. The average Bonchev–Trinajstić information content (AvgIpc) is 2.76. The summed E-state index contributed by atoms with van der Waals surface area (Å²) in [5, 5.41) is 3.42. The van der Waals surface area contributed by atoms with Gasteiger partial charge in [-0.25, -0.2) is 4.39 Å². The highest BCUT2D eigenvalue weighted by Crippen LogP contribution is 2.34. The molecule has 1 fully saturated rings. The molecule has 0 spiro atoms. The summed E-state index contributed by atoms with van der Waals surface area (Å²) in [6.45, 7) is 3.99. The highest BCUT2D eigenvalue weighted by molar-refractivity contribution is 5.70. The van der Waals surface area contributed by atoms with Gasteiger partial charge in [0.05, 0.1) is 13.2 Å². The lowest BCUT2D eigenvalue weighted by molar-refractivity contribution is 0.198. The number of hydrogen-bond acceptors (Lipinski definition) is 4. The molecule has 4 rings (SSSR count). The third-order valence-corrected chi connectivity index (χ3v) is 5.24. The Kier molecular flexibility index (Phi) is 5.65. The van der Waals surface area contributed by atoms with Crippen LogP contribution >= 0.6 is 0 Å². The Bertz CT molecular complexity index is 909. The number of ether oxygens (including phenoxy) is 1. The van der Waals surface area contributed by atoms with E-state index in [0.29, 0.717) is 5.75 Å². The van der Waals surface area contributed by atoms with E-state index in [1.54, 1.807) is 13.2 Å². The molecule has 28 heavy (non-hydrogen) atoms. The highest BCUT2D eigenvalue weighted by Gasteiger charge is 2.24. The molecule has 1 aliphatic rings. The number of piperazine rings is 1. The van der Waals surface area contributed by atoms with Gasteiger partial charge in [-0.1, -0.05) is 24.3 Å². The van der Waals surface area contributed by atoms with Crippen LogP contribution < -0.4 is 10.1 Å². The summed E-state index contributed by atoms with van der Waals surface area (Å²) >= 11 is 0. The van der Waals surface area contributed by atoms with Crippen molar-refractivity contribution < 1.29 is 9.13 Å². The Morgan fingerprint density at radius 3 is 2.32 bits per heavy atom. The van der Waals surface area contributed by atoms with Crippen molar-refractivity contribution in [2.75, 3.05) is 33.3 Å². The second kappa shape index (κ2) is 8.50. The van der Waals surface area contributed by atoms with Crippen molar-refractivity contribution in [2.45, 2.75) is 6.04 Å². The summed E-state index contributed by atoms with van der Waals surface area (Å²) in [7, 11) is 1.57. The topological polar surface area (TPSA) is 37.4 Å². The van der Waals surface area contributed by atoms with E-state index in [4.69, 9.17) is 4.74 Å². The lowest BCUT2D eigenvalue weighted by Crippen LogP contribution is -2.45. The molecule has 3 aromatic rings. The standard InChI is InChI=1S/C23H24FN3O/c1-28-22-16-20(24)6-7-21(22)17-2-4-18(5-3-17)23(19-8-10-25-11-9-19)27-14-12-26-13-15-27/h2-11,16,23,26H,12-15H2,1H3. The first kappa shape index (κ1) is 18.6. The molecule has 2 aromatic carbocycles. The Labute approximate surface area is 165 Å². The minimum atomic E-state index is -0.298. The van der Waals surface area contributed by atoms with Crippen LogP contribution in [0.15, 0.2) is 67.0 Å². The summed E-state index contributed by atoms with van der Waals surface area (Å²) in [6.07, 6.45) is 3.70. The number of pyridine rings is 1. The maximum atomic E-state index is 13.5. The first-order valence-electron chi connectivity index (χ1n) is 9.55. The Morgan fingerprint density at radius 1 is 0.964 bits per heavy atom. The molecule has 144 valence electrons. The first-order valence-corrected chi connectivity index (χ1v) is 9.55. The zero-order chi connectivity index (χ0) is 19.3. The second-order valence-corrected chi connectivity index (χ2v) is 6.94. The predicted octanol–water partition coefficient (Wildman–Crippen LogP) is 3.89. The molecule has 1 aromatic heterocycles. The van der Waals surface area contributed by atoms with E-state index >= 15 is 0 Å². The molecule has 0 radical (unpaired) electrons. The van der Waals surface area contributed by atoms with Crippen molar-refractivity contribution in [1.82, 2.24) is 15.2 Å². The van der Waals surface area contributed by atoms with Gasteiger partial charge in [-0.2, -0.15) is 0 Å². The van der Waals surface area contributed by atoms with Crippen LogP contribution in [0.4, 0.5) is 4.39 Å². The van der Waals surface area contributed by atoms with E-state index in [-0.39, 0.29) is 11.9 Å². The Morgan fingerprint density at radius 2 is 1.64 bits per heavy atom. The average molecular weight is 377 g/mol. The monoisotopic (exact) mass is 377 g/mol. The van der Waals surface area contributed by atoms with Crippen LogP contribution in [0.3, 0.4) is 0 Å². The van der Waals surface area contributed by atoms with Gasteiger partial charge in [0, 0.05) is 50.2 Å². The fourth-order valence-electron chi connectivity index (χ4n) is 3.85. The predicted molar refractivity (Wildman–Crippen MR) is 109 cm³/mol. The Balaban J connectivity index is 1.68. The molecule has 0 saturated carbocycles. The number of benzene rings is 2. The van der Waals surface area contributed by atoms with Gasteiger partial charge < -0.3 is 10.1 Å². The summed E-state index contributed by atoms with van der Waals surface area (Å²) in [5.41, 5.74) is 4.37. The van der Waals surface area contributed by atoms with Crippen LogP contribution in [0, 0.1) is 5.82 Å². The van der Waals surface area contributed by atoms with Crippen LogP contribution in [0.25, 0.3) is 11.1 Å². The summed E-state index contributed by atoms with van der Waals surface area (Å²) in [6, 6.07) is 17.5. The van der Waals surface area contributed by atoms with Crippen molar-refractivity contribution in [3.05, 3.63) is 83.9 Å². The minimum Gasteiger partial charge on any atom is -0.496 e. The smallest absolute Gasteiger partial charge is 0.129 e. The van der Waals surface area contributed by atoms with E-state index < -0.39 is 0 Å². The molecule has 1 atom stereocenters. The van der Waals surface area contributed by atoms with Gasteiger partial charge in [0.2, 0.25) is 0 Å². The molecular formula is C23H24FN3O. The van der Waals surface area contributed by atoms with Crippen molar-refractivity contribution in [1.29, 1.82) is 0 Å². The number of rotatable bonds is 5. The van der Waals surface area contributed by atoms with Crippen molar-refractivity contribution in [3.8, 4) is 16.9 Å². The van der Waals surface area contributed by atoms with Crippen LogP contribution in [0.2, 0.25) is 0 Å². The van der Waals surface area contributed by atoms with Crippen LogP contribution in [0.1, 0.15) is 17.2 Å². The molecular weight excluding hydrogens is 353 g/mol. The number of nitrogens with zero attached hydrogens (tertiary/aromatic N) is 2. The molecule has 1 N–H and O–H groups in total. The van der Waals surface area contributed by atoms with Gasteiger partial charge in [-0.05, 0) is 41.0 Å². The number of methoxy groups -OCH3 is 1. The lowest BCUT2D eigenvalue weighted by Gasteiger charge is -2.35. The van der Waals surface area contributed by atoms with E-state index in [1.807, 2.05) is 12.4 Å². The van der Waals surface area contributed by atoms with E-state index in [2.05, 4.69) is 51.6 Å². The van der Waals surface area contributed by atoms with Crippen molar-refractivity contribution in [3.63, 3.8) is 0 Å². The molecule has 0 aliphatic carbocycles. The molecule has 1 aliphatic heterocycles. The number of aromatic nitrogens is 1. The first-order chi connectivity index (χ1) is 13.8. The summed E-state index contributed by atoms with van der Waals surface area (Å²) in [4.78, 5) is 6.67. The SMILES string of the molecule is COc1cc(F)ccc1-c1ccc(C(c2ccncc2)N2CCNCC2)cc1. The fourth-order valence-corrected chi connectivity index (χ4v) is 3.85. The van der Waals surface area contributed by atoms with Gasteiger partial charge >= 0.3 is 0 Å². The van der Waals surface area contributed by atoms with E-state index in [9.17, 15) is 4.39 Å². The van der Waals surface area contributed by atoms with Crippen molar-refractivity contribution in [2.24, 2.45) is 0 Å². The van der Waals surface area contributed by atoms with Crippen LogP contribution in [-0.4, -0.2) is 43.2 Å². The molecule has 5 heteroatoms. The zero-order valence-electron chi connectivity index (χ0n) is 15.9. The van der Waals surface area contributed by atoms with Gasteiger partial charge in [0.1, 0.15) is 11.6 Å².